The first kappa shape index (κ1) is 16.7. The summed E-state index contributed by atoms with van der Waals surface area (Å²) in [6, 6.07) is 6.29. The summed E-state index contributed by atoms with van der Waals surface area (Å²) < 4.78 is 8.18. The van der Waals surface area contributed by atoms with Crippen molar-refractivity contribution in [3.63, 3.8) is 0 Å². The van der Waals surface area contributed by atoms with Crippen LogP contribution in [0.2, 0.25) is 0 Å². The van der Waals surface area contributed by atoms with Crippen molar-refractivity contribution < 1.29 is 4.74 Å². The van der Waals surface area contributed by atoms with Crippen LogP contribution in [0.25, 0.3) is 0 Å². The van der Waals surface area contributed by atoms with Gasteiger partial charge in [0.1, 0.15) is 11.9 Å². The summed E-state index contributed by atoms with van der Waals surface area (Å²) >= 11 is 0. The summed E-state index contributed by atoms with van der Waals surface area (Å²) in [6.45, 7) is 2.83. The maximum atomic E-state index is 6.09. The summed E-state index contributed by atoms with van der Waals surface area (Å²) in [5.41, 5.74) is 1.48. The fourth-order valence-corrected chi connectivity index (χ4v) is 4.29. The van der Waals surface area contributed by atoms with Gasteiger partial charge < -0.3 is 14.6 Å². The molecule has 0 radical (unpaired) electrons. The highest BCUT2D eigenvalue weighted by molar-refractivity contribution is 5.21. The second kappa shape index (κ2) is 7.26. The summed E-state index contributed by atoms with van der Waals surface area (Å²) in [7, 11) is 2.05. The molecular weight excluding hydrogens is 312 g/mol. The third-order valence-electron chi connectivity index (χ3n) is 5.95. The minimum atomic E-state index is 0.105. The average molecular weight is 340 g/mol. The number of nitrogens with zero attached hydrogens (tertiary/aromatic N) is 3. The Balaban J connectivity index is 1.39. The average Bonchev–Trinajstić information content (AvgIpc) is 3.04. The lowest BCUT2D eigenvalue weighted by Gasteiger charge is -2.42. The van der Waals surface area contributed by atoms with Gasteiger partial charge in [-0.15, -0.1) is 0 Å². The van der Waals surface area contributed by atoms with Crippen LogP contribution in [0.1, 0.15) is 49.7 Å². The Morgan fingerprint density at radius 3 is 2.84 bits per heavy atom. The molecule has 2 aromatic heterocycles. The van der Waals surface area contributed by atoms with E-state index in [1.165, 1.54) is 31.4 Å². The van der Waals surface area contributed by atoms with Gasteiger partial charge >= 0.3 is 0 Å². The highest BCUT2D eigenvalue weighted by Gasteiger charge is 2.40. The smallest absolute Gasteiger partial charge is 0.137 e. The van der Waals surface area contributed by atoms with Gasteiger partial charge in [-0.1, -0.05) is 12.5 Å². The Bertz CT molecular complexity index is 680. The van der Waals surface area contributed by atoms with Crippen LogP contribution in [-0.2, 0) is 17.2 Å². The van der Waals surface area contributed by atoms with Gasteiger partial charge in [0.25, 0.3) is 0 Å². The molecule has 25 heavy (non-hydrogen) atoms. The van der Waals surface area contributed by atoms with Crippen molar-refractivity contribution in [1.29, 1.82) is 0 Å². The quantitative estimate of drug-likeness (QED) is 0.878. The van der Waals surface area contributed by atoms with Gasteiger partial charge in [0, 0.05) is 62.4 Å². The van der Waals surface area contributed by atoms with E-state index in [0.717, 1.165) is 31.9 Å². The third kappa shape index (κ3) is 3.35. The van der Waals surface area contributed by atoms with Crippen LogP contribution in [0.5, 0.6) is 0 Å². The number of imidazole rings is 1. The van der Waals surface area contributed by atoms with Gasteiger partial charge in [0.15, 0.2) is 0 Å². The van der Waals surface area contributed by atoms with Crippen molar-refractivity contribution in [3.8, 4) is 0 Å². The Morgan fingerprint density at radius 1 is 1.24 bits per heavy atom. The topological polar surface area (TPSA) is 52.0 Å². The van der Waals surface area contributed by atoms with E-state index in [1.807, 2.05) is 24.7 Å². The second-order valence-corrected chi connectivity index (χ2v) is 7.57. The zero-order valence-corrected chi connectivity index (χ0v) is 15.0. The minimum absolute atomic E-state index is 0.105. The molecule has 2 atom stereocenters. The van der Waals surface area contributed by atoms with Crippen LogP contribution in [-0.4, -0.2) is 34.2 Å². The zero-order valence-electron chi connectivity index (χ0n) is 15.0. The van der Waals surface area contributed by atoms with Gasteiger partial charge in [-0.25, -0.2) is 4.98 Å². The van der Waals surface area contributed by atoms with E-state index in [9.17, 15) is 0 Å². The highest BCUT2D eigenvalue weighted by Crippen LogP contribution is 2.42. The molecule has 1 saturated carbocycles. The van der Waals surface area contributed by atoms with Gasteiger partial charge in [0.05, 0.1) is 0 Å². The van der Waals surface area contributed by atoms with Crippen molar-refractivity contribution in [2.24, 2.45) is 13.0 Å². The van der Waals surface area contributed by atoms with Crippen LogP contribution in [0.3, 0.4) is 0 Å². The fraction of sp³-hybridized carbons (Fsp3) is 0.600. The number of rotatable bonds is 6. The van der Waals surface area contributed by atoms with E-state index in [4.69, 9.17) is 4.74 Å². The number of ether oxygens (including phenoxy) is 1. The van der Waals surface area contributed by atoms with E-state index in [0.29, 0.717) is 5.92 Å². The molecule has 2 fully saturated rings. The summed E-state index contributed by atoms with van der Waals surface area (Å²) in [5, 5.41) is 3.75. The van der Waals surface area contributed by atoms with E-state index in [1.54, 1.807) is 0 Å². The number of pyridine rings is 1. The molecule has 1 aliphatic carbocycles. The first-order valence-corrected chi connectivity index (χ1v) is 9.50. The molecule has 0 aromatic carbocycles. The van der Waals surface area contributed by atoms with Crippen molar-refractivity contribution in [2.75, 3.05) is 19.7 Å². The van der Waals surface area contributed by atoms with Crippen molar-refractivity contribution >= 4 is 0 Å². The maximum absolute atomic E-state index is 6.09. The lowest BCUT2D eigenvalue weighted by atomic mass is 9.66. The van der Waals surface area contributed by atoms with Crippen LogP contribution in [0.15, 0.2) is 36.8 Å². The largest absolute Gasteiger partial charge is 0.370 e. The number of nitrogens with one attached hydrogen (secondary N) is 1. The maximum Gasteiger partial charge on any atom is 0.137 e. The molecule has 134 valence electrons. The molecule has 1 aliphatic heterocycles. The van der Waals surface area contributed by atoms with E-state index in [2.05, 4.69) is 39.0 Å². The van der Waals surface area contributed by atoms with Crippen molar-refractivity contribution in [2.45, 2.75) is 43.6 Å². The molecule has 0 spiro atoms. The molecule has 1 saturated heterocycles. The number of hydrogen-bond acceptors (Lipinski definition) is 4. The Kier molecular flexibility index (Phi) is 4.86. The Morgan fingerprint density at radius 2 is 2.16 bits per heavy atom. The van der Waals surface area contributed by atoms with Crippen molar-refractivity contribution in [3.05, 3.63) is 48.3 Å². The van der Waals surface area contributed by atoms with Gasteiger partial charge in [-0.2, -0.15) is 0 Å². The predicted molar refractivity (Wildman–Crippen MR) is 97.3 cm³/mol. The van der Waals surface area contributed by atoms with Gasteiger partial charge in [-0.05, 0) is 37.8 Å². The summed E-state index contributed by atoms with van der Waals surface area (Å²) in [4.78, 5) is 9.15. The molecule has 2 aliphatic rings. The monoisotopic (exact) mass is 340 g/mol. The normalized spacial score (nSPS) is 25.5. The van der Waals surface area contributed by atoms with Crippen LogP contribution in [0, 0.1) is 5.92 Å². The van der Waals surface area contributed by atoms with Crippen LogP contribution >= 0.6 is 0 Å². The molecule has 0 amide bonds. The second-order valence-electron chi connectivity index (χ2n) is 7.57. The van der Waals surface area contributed by atoms with Gasteiger partial charge in [-0.3, -0.25) is 4.98 Å². The highest BCUT2D eigenvalue weighted by atomic mass is 16.5. The Labute approximate surface area is 149 Å². The van der Waals surface area contributed by atoms with E-state index >= 15 is 0 Å². The standard InChI is InChI=1S/C20H28N4O/c1-24-12-11-23-19(24)18-16(6-4-13-25-18)14-21-15-20(8-5-9-20)17-7-2-3-10-22-17/h2-3,7,10-12,16,18,21H,4-6,8-9,13-15H2,1H3/t16-,18+/m0/s1. The van der Waals surface area contributed by atoms with Crippen LogP contribution in [0.4, 0.5) is 0 Å². The summed E-state index contributed by atoms with van der Waals surface area (Å²) in [5.74, 6) is 1.53. The Hall–Kier alpha value is -1.72. The number of aromatic nitrogens is 3. The fourth-order valence-electron chi connectivity index (χ4n) is 4.29. The van der Waals surface area contributed by atoms with Crippen molar-refractivity contribution in [1.82, 2.24) is 19.9 Å². The minimum Gasteiger partial charge on any atom is -0.370 e. The molecule has 5 nitrogen and oxygen atoms in total. The number of hydrogen-bond donors (Lipinski definition) is 1. The van der Waals surface area contributed by atoms with E-state index in [-0.39, 0.29) is 11.5 Å². The zero-order chi connectivity index (χ0) is 17.1. The van der Waals surface area contributed by atoms with Gasteiger partial charge in [0.2, 0.25) is 0 Å². The molecule has 2 aromatic rings. The molecule has 4 rings (SSSR count). The molecule has 0 unspecified atom stereocenters. The first-order chi connectivity index (χ1) is 12.3. The third-order valence-corrected chi connectivity index (χ3v) is 5.95. The predicted octanol–water partition coefficient (Wildman–Crippen LogP) is 2.99. The lowest BCUT2D eigenvalue weighted by Crippen LogP contribution is -2.46. The lowest BCUT2D eigenvalue weighted by molar-refractivity contribution is -0.0349. The molecule has 0 bridgehead atoms. The van der Waals surface area contributed by atoms with E-state index < -0.39 is 0 Å². The molecular formula is C20H28N4O. The first-order valence-electron chi connectivity index (χ1n) is 9.50. The number of aryl methyl sites for hydroxylation is 1. The van der Waals surface area contributed by atoms with Crippen LogP contribution < -0.4 is 5.32 Å². The summed E-state index contributed by atoms with van der Waals surface area (Å²) in [6.07, 6.45) is 12.0. The molecule has 1 N–H and O–H groups in total. The molecule has 3 heterocycles. The SMILES string of the molecule is Cn1ccnc1[C@@H]1OCCC[C@H]1CNCC1(c2ccccn2)CCC1. The molecule has 5 heteroatoms.